The Morgan fingerprint density at radius 3 is 2.67 bits per heavy atom. The largest absolute Gasteiger partial charge is 0.481 e. The third kappa shape index (κ3) is 3.77. The Kier molecular flexibility index (Phi) is 4.59. The second-order valence-corrected chi connectivity index (χ2v) is 7.54. The van der Waals surface area contributed by atoms with E-state index >= 15 is 0 Å². The highest BCUT2D eigenvalue weighted by atomic mass is 32.2. The van der Waals surface area contributed by atoms with E-state index in [0.29, 0.717) is 11.4 Å². The molecule has 2 aromatic rings. The van der Waals surface area contributed by atoms with Gasteiger partial charge in [0.15, 0.2) is 0 Å². The monoisotopic (exact) mass is 338 g/mol. The molecular formula is C19H18N2O2S. The van der Waals surface area contributed by atoms with Crippen molar-refractivity contribution < 1.29 is 9.90 Å². The Morgan fingerprint density at radius 1 is 1.25 bits per heavy atom. The third-order valence-corrected chi connectivity index (χ3v) is 5.13. The number of fused-ring (bicyclic) bond motifs is 1. The van der Waals surface area contributed by atoms with E-state index in [1.165, 1.54) is 16.9 Å². The third-order valence-electron chi connectivity index (χ3n) is 4.06. The molecule has 1 aromatic carbocycles. The minimum atomic E-state index is -0.941. The Labute approximate surface area is 145 Å². The summed E-state index contributed by atoms with van der Waals surface area (Å²) in [6, 6.07) is 6.37. The fraction of sp³-hybridized carbons (Fsp3) is 0.316. The van der Waals surface area contributed by atoms with Gasteiger partial charge in [0, 0.05) is 22.9 Å². The lowest BCUT2D eigenvalue weighted by Crippen LogP contribution is -2.22. The minimum absolute atomic E-state index is 0.175. The molecule has 0 spiro atoms. The van der Waals surface area contributed by atoms with Crippen molar-refractivity contribution in [1.29, 1.82) is 0 Å². The maximum atomic E-state index is 10.6. The van der Waals surface area contributed by atoms with Gasteiger partial charge in [-0.1, -0.05) is 25.7 Å². The topological polar surface area (TPSA) is 63.1 Å². The number of carbonyl (C=O) groups is 1. The van der Waals surface area contributed by atoms with Gasteiger partial charge in [0.05, 0.1) is 5.56 Å². The number of aliphatic carboxylic acids is 1. The van der Waals surface area contributed by atoms with Crippen molar-refractivity contribution in [2.24, 2.45) is 0 Å². The van der Waals surface area contributed by atoms with E-state index in [-0.39, 0.29) is 11.8 Å². The van der Waals surface area contributed by atoms with Crippen molar-refractivity contribution in [2.75, 3.05) is 5.75 Å². The van der Waals surface area contributed by atoms with Gasteiger partial charge >= 0.3 is 5.97 Å². The first-order valence-electron chi connectivity index (χ1n) is 7.76. The van der Waals surface area contributed by atoms with E-state index in [1.54, 1.807) is 12.4 Å². The van der Waals surface area contributed by atoms with Crippen molar-refractivity contribution >= 4 is 17.7 Å². The van der Waals surface area contributed by atoms with Crippen LogP contribution in [0.4, 0.5) is 0 Å². The first kappa shape index (κ1) is 16.5. The van der Waals surface area contributed by atoms with E-state index in [1.807, 2.05) is 17.8 Å². The summed E-state index contributed by atoms with van der Waals surface area (Å²) in [6.45, 7) is 4.55. The summed E-state index contributed by atoms with van der Waals surface area (Å²) in [7, 11) is 0. The van der Waals surface area contributed by atoms with E-state index in [4.69, 9.17) is 5.11 Å². The molecule has 1 aliphatic heterocycles. The predicted octanol–water partition coefficient (Wildman–Crippen LogP) is 3.28. The number of benzene rings is 1. The summed E-state index contributed by atoms with van der Waals surface area (Å²) >= 11 is 1.90. The second kappa shape index (κ2) is 6.66. The average Bonchev–Trinajstić information content (AvgIpc) is 2.54. The molecule has 5 heteroatoms. The lowest BCUT2D eigenvalue weighted by Gasteiger charge is -2.32. The van der Waals surface area contributed by atoms with Crippen LogP contribution in [0, 0.1) is 11.8 Å². The van der Waals surface area contributed by atoms with Crippen LogP contribution >= 0.6 is 11.8 Å². The zero-order valence-corrected chi connectivity index (χ0v) is 14.5. The summed E-state index contributed by atoms with van der Waals surface area (Å²) in [4.78, 5) is 20.0. The maximum Gasteiger partial charge on any atom is 0.311 e. The number of hydrogen-bond acceptors (Lipinski definition) is 4. The van der Waals surface area contributed by atoms with Crippen LogP contribution in [-0.4, -0.2) is 26.8 Å². The summed E-state index contributed by atoms with van der Waals surface area (Å²) in [5.41, 5.74) is 3.19. The highest BCUT2D eigenvalue weighted by Gasteiger charge is 2.27. The molecule has 0 aliphatic carbocycles. The van der Waals surface area contributed by atoms with Gasteiger partial charge in [-0.15, -0.1) is 11.8 Å². The molecule has 0 saturated carbocycles. The number of hydrogen-bond donors (Lipinski definition) is 1. The molecule has 1 N–H and O–H groups in total. The molecule has 0 unspecified atom stereocenters. The lowest BCUT2D eigenvalue weighted by molar-refractivity contribution is -0.136. The normalized spacial score (nSPS) is 15.1. The maximum absolute atomic E-state index is 10.6. The SMILES string of the molecule is CC1(C)CCSc2ccc(C#Cc3cnc(CC(=O)O)nc3)cc21. The van der Waals surface area contributed by atoms with Crippen molar-refractivity contribution in [3.8, 4) is 11.8 Å². The molecular weight excluding hydrogens is 320 g/mol. The van der Waals surface area contributed by atoms with Gasteiger partial charge in [0.1, 0.15) is 12.2 Å². The lowest BCUT2D eigenvalue weighted by atomic mass is 9.81. The molecule has 0 fully saturated rings. The second-order valence-electron chi connectivity index (χ2n) is 6.40. The van der Waals surface area contributed by atoms with Gasteiger partial charge in [-0.2, -0.15) is 0 Å². The minimum Gasteiger partial charge on any atom is -0.481 e. The predicted molar refractivity (Wildman–Crippen MR) is 94.2 cm³/mol. The zero-order chi connectivity index (χ0) is 17.2. The van der Waals surface area contributed by atoms with Gasteiger partial charge in [-0.25, -0.2) is 9.97 Å². The van der Waals surface area contributed by atoms with Gasteiger partial charge in [0.25, 0.3) is 0 Å². The first-order valence-corrected chi connectivity index (χ1v) is 8.75. The fourth-order valence-electron chi connectivity index (χ4n) is 2.60. The van der Waals surface area contributed by atoms with Crippen molar-refractivity contribution in [1.82, 2.24) is 9.97 Å². The van der Waals surface area contributed by atoms with Crippen LogP contribution in [0.2, 0.25) is 0 Å². The Balaban J connectivity index is 1.82. The number of carboxylic acids is 1. The summed E-state index contributed by atoms with van der Waals surface area (Å²) in [5, 5.41) is 8.72. The summed E-state index contributed by atoms with van der Waals surface area (Å²) < 4.78 is 0. The zero-order valence-electron chi connectivity index (χ0n) is 13.7. The van der Waals surface area contributed by atoms with E-state index in [2.05, 4.69) is 47.8 Å². The molecule has 0 radical (unpaired) electrons. The molecule has 24 heavy (non-hydrogen) atoms. The van der Waals surface area contributed by atoms with Crippen molar-refractivity contribution in [2.45, 2.75) is 37.0 Å². The van der Waals surface area contributed by atoms with Crippen LogP contribution in [0.3, 0.4) is 0 Å². The molecule has 122 valence electrons. The molecule has 0 bridgehead atoms. The molecule has 0 amide bonds. The van der Waals surface area contributed by atoms with Crippen LogP contribution in [0.15, 0.2) is 35.5 Å². The molecule has 0 atom stereocenters. The number of aromatic nitrogens is 2. The van der Waals surface area contributed by atoms with Gasteiger partial charge in [-0.05, 0) is 41.4 Å². The van der Waals surface area contributed by atoms with Crippen LogP contribution in [0.5, 0.6) is 0 Å². The number of nitrogens with zero attached hydrogens (tertiary/aromatic N) is 2. The molecule has 1 aliphatic rings. The van der Waals surface area contributed by atoms with Crippen molar-refractivity contribution in [3.05, 3.63) is 53.1 Å². The molecule has 2 heterocycles. The molecule has 3 rings (SSSR count). The van der Waals surface area contributed by atoms with Gasteiger partial charge < -0.3 is 5.11 Å². The van der Waals surface area contributed by atoms with E-state index < -0.39 is 5.97 Å². The number of thioether (sulfide) groups is 1. The average molecular weight is 338 g/mol. The highest BCUT2D eigenvalue weighted by molar-refractivity contribution is 7.99. The quantitative estimate of drug-likeness (QED) is 0.852. The van der Waals surface area contributed by atoms with Crippen molar-refractivity contribution in [3.63, 3.8) is 0 Å². The summed E-state index contributed by atoms with van der Waals surface area (Å²) in [6.07, 6.45) is 4.12. The number of carboxylic acid groups (broad SMARTS) is 1. The van der Waals surface area contributed by atoms with Gasteiger partial charge in [-0.3, -0.25) is 4.79 Å². The first-order chi connectivity index (χ1) is 11.4. The standard InChI is InChI=1S/C19H18N2O2S/c1-19(2)7-8-24-16-6-5-13(9-15(16)19)3-4-14-11-20-17(21-12-14)10-18(22)23/h5-6,9,11-12H,7-8,10H2,1-2H3,(H,22,23). The Morgan fingerprint density at radius 2 is 1.96 bits per heavy atom. The number of rotatable bonds is 2. The van der Waals surface area contributed by atoms with Crippen LogP contribution in [-0.2, 0) is 16.6 Å². The molecule has 0 saturated heterocycles. The molecule has 4 nitrogen and oxygen atoms in total. The summed E-state index contributed by atoms with van der Waals surface area (Å²) in [5.74, 6) is 6.71. The fourth-order valence-corrected chi connectivity index (χ4v) is 4.09. The van der Waals surface area contributed by atoms with E-state index in [9.17, 15) is 4.79 Å². The van der Waals surface area contributed by atoms with Crippen LogP contribution in [0.1, 0.15) is 42.8 Å². The Hall–Kier alpha value is -2.32. The van der Waals surface area contributed by atoms with E-state index in [0.717, 1.165) is 11.3 Å². The Bertz CT molecular complexity index is 833. The smallest absolute Gasteiger partial charge is 0.311 e. The van der Waals surface area contributed by atoms with Gasteiger partial charge in [0.2, 0.25) is 0 Å². The van der Waals surface area contributed by atoms with Crippen LogP contribution < -0.4 is 0 Å². The highest BCUT2D eigenvalue weighted by Crippen LogP contribution is 2.41. The molecule has 1 aromatic heterocycles. The van der Waals surface area contributed by atoms with Crippen LogP contribution in [0.25, 0.3) is 0 Å².